The molecule has 0 unspecified atom stereocenters. The number of hydrogen-bond donors (Lipinski definition) is 1. The Kier molecular flexibility index (Phi) is 5.00. The third-order valence-corrected chi connectivity index (χ3v) is 6.78. The molecule has 1 N–H and O–H groups in total. The van der Waals surface area contributed by atoms with Crippen molar-refractivity contribution in [3.05, 3.63) is 0 Å². The topological polar surface area (TPSA) is 44.8 Å². The number of carbonyl (C=O) groups is 1. The van der Waals surface area contributed by atoms with Crippen LogP contribution >= 0.6 is 0 Å². The zero-order valence-electron chi connectivity index (χ0n) is 15.0. The first-order valence-electron chi connectivity index (χ1n) is 10.1. The van der Waals surface area contributed by atoms with Gasteiger partial charge in [0.1, 0.15) is 0 Å². The summed E-state index contributed by atoms with van der Waals surface area (Å²) in [6.07, 6.45) is 11.5. The van der Waals surface area contributed by atoms with Gasteiger partial charge < -0.3 is 15.0 Å². The van der Waals surface area contributed by atoms with Gasteiger partial charge in [-0.1, -0.05) is 19.3 Å². The lowest BCUT2D eigenvalue weighted by Gasteiger charge is -2.40. The van der Waals surface area contributed by atoms with Crippen LogP contribution in [0.1, 0.15) is 57.8 Å². The van der Waals surface area contributed by atoms with E-state index in [0.29, 0.717) is 6.04 Å². The van der Waals surface area contributed by atoms with Crippen molar-refractivity contribution in [3.8, 4) is 0 Å². The van der Waals surface area contributed by atoms with Crippen molar-refractivity contribution in [1.82, 2.24) is 15.1 Å². The molecule has 0 aromatic heterocycles. The van der Waals surface area contributed by atoms with Crippen molar-refractivity contribution in [2.24, 2.45) is 5.41 Å². The molecule has 1 spiro atoms. The fourth-order valence-corrected chi connectivity index (χ4v) is 5.25. The van der Waals surface area contributed by atoms with E-state index >= 15 is 0 Å². The summed E-state index contributed by atoms with van der Waals surface area (Å²) in [5.41, 5.74) is 0.262. The lowest BCUT2D eigenvalue weighted by atomic mass is 9.87. The monoisotopic (exact) mass is 335 g/mol. The molecule has 136 valence electrons. The highest BCUT2D eigenvalue weighted by atomic mass is 16.5. The molecule has 5 nitrogen and oxygen atoms in total. The highest BCUT2D eigenvalue weighted by molar-refractivity contribution is 5.75. The van der Waals surface area contributed by atoms with Crippen LogP contribution in [0.4, 0.5) is 4.79 Å². The highest BCUT2D eigenvalue weighted by Gasteiger charge is 2.43. The summed E-state index contributed by atoms with van der Waals surface area (Å²) in [5, 5.41) is 3.34. The SMILES string of the molecule is O=C(N[C@@H]1CCCN(C2CCCCC2)C1)N1CC[C@]2(CCOC2)C1. The number of nitrogens with zero attached hydrogens (tertiary/aromatic N) is 2. The number of carbonyl (C=O) groups excluding carboxylic acids is 1. The average Bonchev–Trinajstić information content (AvgIpc) is 3.26. The van der Waals surface area contributed by atoms with E-state index in [0.717, 1.165) is 58.2 Å². The van der Waals surface area contributed by atoms with Gasteiger partial charge in [0.05, 0.1) is 6.61 Å². The molecule has 2 atom stereocenters. The van der Waals surface area contributed by atoms with E-state index in [-0.39, 0.29) is 11.4 Å². The highest BCUT2D eigenvalue weighted by Crippen LogP contribution is 2.38. The molecule has 4 fully saturated rings. The Hall–Kier alpha value is -0.810. The van der Waals surface area contributed by atoms with Crippen molar-refractivity contribution in [2.75, 3.05) is 39.4 Å². The number of amides is 2. The van der Waals surface area contributed by atoms with E-state index in [1.54, 1.807) is 0 Å². The minimum atomic E-state index is 0.161. The molecule has 3 heterocycles. The summed E-state index contributed by atoms with van der Waals surface area (Å²) in [7, 11) is 0. The van der Waals surface area contributed by atoms with E-state index in [4.69, 9.17) is 4.74 Å². The van der Waals surface area contributed by atoms with Gasteiger partial charge in [0.2, 0.25) is 0 Å². The van der Waals surface area contributed by atoms with Crippen LogP contribution in [0.15, 0.2) is 0 Å². The van der Waals surface area contributed by atoms with Crippen LogP contribution < -0.4 is 5.32 Å². The van der Waals surface area contributed by atoms with Crippen LogP contribution in [0.2, 0.25) is 0 Å². The fourth-order valence-electron chi connectivity index (χ4n) is 5.25. The zero-order chi connectivity index (χ0) is 16.4. The predicted molar refractivity (Wildman–Crippen MR) is 94.1 cm³/mol. The molecule has 1 saturated carbocycles. The lowest BCUT2D eigenvalue weighted by molar-refractivity contribution is 0.108. The third-order valence-electron chi connectivity index (χ3n) is 6.78. The van der Waals surface area contributed by atoms with Crippen LogP contribution in [-0.4, -0.2) is 67.3 Å². The third kappa shape index (κ3) is 3.57. The zero-order valence-corrected chi connectivity index (χ0v) is 15.0. The summed E-state index contributed by atoms with van der Waals surface area (Å²) >= 11 is 0. The molecule has 3 saturated heterocycles. The van der Waals surface area contributed by atoms with Crippen molar-refractivity contribution < 1.29 is 9.53 Å². The number of piperidine rings is 1. The summed E-state index contributed by atoms with van der Waals surface area (Å²) in [6.45, 7) is 5.77. The molecule has 24 heavy (non-hydrogen) atoms. The fraction of sp³-hybridized carbons (Fsp3) is 0.947. The molecule has 3 aliphatic heterocycles. The smallest absolute Gasteiger partial charge is 0.317 e. The second-order valence-corrected chi connectivity index (χ2v) is 8.55. The van der Waals surface area contributed by atoms with Crippen molar-refractivity contribution in [1.29, 1.82) is 0 Å². The number of likely N-dealkylation sites (tertiary alicyclic amines) is 2. The Morgan fingerprint density at radius 3 is 2.71 bits per heavy atom. The Morgan fingerprint density at radius 2 is 1.92 bits per heavy atom. The summed E-state index contributed by atoms with van der Waals surface area (Å²) in [6, 6.07) is 1.27. The van der Waals surface area contributed by atoms with Gasteiger partial charge in [-0.05, 0) is 45.1 Å². The molecule has 0 aromatic rings. The summed E-state index contributed by atoms with van der Waals surface area (Å²) in [4.78, 5) is 17.4. The van der Waals surface area contributed by atoms with E-state index in [1.165, 1.54) is 45.1 Å². The first-order chi connectivity index (χ1) is 11.7. The average molecular weight is 335 g/mol. The molecule has 5 heteroatoms. The number of urea groups is 1. The van der Waals surface area contributed by atoms with Gasteiger partial charge in [-0.25, -0.2) is 4.79 Å². The van der Waals surface area contributed by atoms with Crippen LogP contribution in [0.3, 0.4) is 0 Å². The van der Waals surface area contributed by atoms with Crippen molar-refractivity contribution in [3.63, 3.8) is 0 Å². The van der Waals surface area contributed by atoms with Gasteiger partial charge in [-0.2, -0.15) is 0 Å². The molecule has 4 rings (SSSR count). The second kappa shape index (κ2) is 7.20. The number of rotatable bonds is 2. The van der Waals surface area contributed by atoms with E-state index in [2.05, 4.69) is 10.2 Å². The standard InChI is InChI=1S/C19H33N3O2/c23-18(22-11-8-19(14-22)9-12-24-15-19)20-16-5-4-10-21(13-16)17-6-2-1-3-7-17/h16-17H,1-15H2,(H,20,23)/t16-,19+/m1/s1. The van der Waals surface area contributed by atoms with Gasteiger partial charge in [-0.3, -0.25) is 4.90 Å². The van der Waals surface area contributed by atoms with Crippen LogP contribution in [0, 0.1) is 5.41 Å². The Morgan fingerprint density at radius 1 is 1.04 bits per heavy atom. The minimum Gasteiger partial charge on any atom is -0.381 e. The van der Waals surface area contributed by atoms with Crippen molar-refractivity contribution in [2.45, 2.75) is 69.9 Å². The normalized spacial score (nSPS) is 35.7. The Labute approximate surface area is 146 Å². The van der Waals surface area contributed by atoms with Gasteiger partial charge in [0.15, 0.2) is 0 Å². The van der Waals surface area contributed by atoms with E-state index in [9.17, 15) is 4.79 Å². The predicted octanol–water partition coefficient (Wildman–Crippen LogP) is 2.61. The molecular formula is C19H33N3O2. The molecule has 0 aromatic carbocycles. The van der Waals surface area contributed by atoms with Gasteiger partial charge in [-0.15, -0.1) is 0 Å². The molecule has 0 radical (unpaired) electrons. The Balaban J connectivity index is 1.27. The maximum atomic E-state index is 12.7. The first-order valence-corrected chi connectivity index (χ1v) is 10.1. The molecular weight excluding hydrogens is 302 g/mol. The van der Waals surface area contributed by atoms with Gasteiger partial charge in [0.25, 0.3) is 0 Å². The Bertz CT molecular complexity index is 444. The summed E-state index contributed by atoms with van der Waals surface area (Å²) < 4.78 is 5.58. The largest absolute Gasteiger partial charge is 0.381 e. The minimum absolute atomic E-state index is 0.161. The quantitative estimate of drug-likeness (QED) is 0.844. The second-order valence-electron chi connectivity index (χ2n) is 8.55. The van der Waals surface area contributed by atoms with Crippen molar-refractivity contribution >= 4 is 6.03 Å². The number of hydrogen-bond acceptors (Lipinski definition) is 3. The number of nitrogens with one attached hydrogen (secondary N) is 1. The van der Waals surface area contributed by atoms with Crippen LogP contribution in [-0.2, 0) is 4.74 Å². The molecule has 4 aliphatic rings. The van der Waals surface area contributed by atoms with Gasteiger partial charge in [0, 0.05) is 43.7 Å². The molecule has 0 bridgehead atoms. The maximum absolute atomic E-state index is 12.7. The number of ether oxygens (including phenoxy) is 1. The first kappa shape index (κ1) is 16.6. The lowest BCUT2D eigenvalue weighted by Crippen LogP contribution is -2.53. The van der Waals surface area contributed by atoms with E-state index in [1.807, 2.05) is 4.90 Å². The molecule has 1 aliphatic carbocycles. The summed E-state index contributed by atoms with van der Waals surface area (Å²) in [5.74, 6) is 0. The molecule has 2 amide bonds. The van der Waals surface area contributed by atoms with Crippen LogP contribution in [0.5, 0.6) is 0 Å². The van der Waals surface area contributed by atoms with Gasteiger partial charge >= 0.3 is 6.03 Å². The maximum Gasteiger partial charge on any atom is 0.317 e. The van der Waals surface area contributed by atoms with Crippen LogP contribution in [0.25, 0.3) is 0 Å². The van der Waals surface area contributed by atoms with E-state index < -0.39 is 0 Å².